The van der Waals surface area contributed by atoms with E-state index >= 15 is 0 Å². The molecule has 7 nitrogen and oxygen atoms in total. The molecule has 2 aliphatic rings. The molecule has 3 N–H and O–H groups in total. The monoisotopic (exact) mass is 427 g/mol. The van der Waals surface area contributed by atoms with Crippen LogP contribution in [0.2, 0.25) is 0 Å². The summed E-state index contributed by atoms with van der Waals surface area (Å²) in [7, 11) is 0. The van der Waals surface area contributed by atoms with E-state index in [0.717, 1.165) is 35.4 Å². The largest absolute Gasteiger partial charge is 0.462 e. The smallest absolute Gasteiger partial charge is 0.341 e. The predicted octanol–water partition coefficient (Wildman–Crippen LogP) is 3.81. The number of thiophene rings is 1. The molecule has 2 amide bonds. The number of carbonyl (C=O) groups excluding carboxylic acids is 3. The highest BCUT2D eigenvalue weighted by Gasteiger charge is 2.31. The molecule has 158 valence electrons. The standard InChI is InChI=1S/C22H25N3O4S/c1-3-29-22(28)19-13-9-8-12(2)10-17(13)30-21(19)25-18(26)11-16-20(27)24-15-7-5-4-6-14(15)23-16/h4-7,12,16,23H,3,8-11H2,1-2H3,(H,24,27)(H,25,26)/t12-,16-/m1/s1. The summed E-state index contributed by atoms with van der Waals surface area (Å²) in [5, 5.41) is 9.33. The molecule has 0 radical (unpaired) electrons. The quantitative estimate of drug-likeness (QED) is 0.631. The number of rotatable bonds is 5. The number of benzene rings is 1. The van der Waals surface area contributed by atoms with E-state index in [0.29, 0.717) is 22.2 Å². The van der Waals surface area contributed by atoms with Crippen LogP contribution in [-0.4, -0.2) is 30.4 Å². The van der Waals surface area contributed by atoms with E-state index in [2.05, 4.69) is 22.9 Å². The first-order valence-corrected chi connectivity index (χ1v) is 11.1. The molecular weight excluding hydrogens is 402 g/mol. The second kappa shape index (κ2) is 8.47. The first-order valence-electron chi connectivity index (χ1n) is 10.2. The first kappa shape index (κ1) is 20.4. The third kappa shape index (κ3) is 4.05. The van der Waals surface area contributed by atoms with Gasteiger partial charge in [-0.25, -0.2) is 4.79 Å². The van der Waals surface area contributed by atoms with Gasteiger partial charge in [-0.1, -0.05) is 19.1 Å². The Balaban J connectivity index is 1.52. The van der Waals surface area contributed by atoms with Crippen LogP contribution < -0.4 is 16.0 Å². The zero-order valence-electron chi connectivity index (χ0n) is 17.0. The molecule has 0 unspecified atom stereocenters. The second-order valence-electron chi connectivity index (χ2n) is 7.76. The number of para-hydroxylation sites is 2. The number of hydrogen-bond donors (Lipinski definition) is 3. The van der Waals surface area contributed by atoms with Crippen LogP contribution in [0.15, 0.2) is 24.3 Å². The van der Waals surface area contributed by atoms with Crippen LogP contribution in [0.4, 0.5) is 16.4 Å². The summed E-state index contributed by atoms with van der Waals surface area (Å²) >= 11 is 1.45. The lowest BCUT2D eigenvalue weighted by Gasteiger charge is -2.26. The van der Waals surface area contributed by atoms with Crippen molar-refractivity contribution in [2.24, 2.45) is 5.92 Å². The summed E-state index contributed by atoms with van der Waals surface area (Å²) < 4.78 is 5.25. The third-order valence-electron chi connectivity index (χ3n) is 5.46. The van der Waals surface area contributed by atoms with Gasteiger partial charge in [0, 0.05) is 4.88 Å². The minimum absolute atomic E-state index is 0.0403. The molecule has 2 aromatic rings. The molecule has 0 bridgehead atoms. The molecule has 1 aromatic heterocycles. The fourth-order valence-corrected chi connectivity index (χ4v) is 5.37. The van der Waals surface area contributed by atoms with E-state index in [-0.39, 0.29) is 24.8 Å². The van der Waals surface area contributed by atoms with Crippen molar-refractivity contribution < 1.29 is 19.1 Å². The summed E-state index contributed by atoms with van der Waals surface area (Å²) in [6.07, 6.45) is 2.67. The van der Waals surface area contributed by atoms with Crippen LogP contribution in [0.1, 0.15) is 47.5 Å². The van der Waals surface area contributed by atoms with E-state index in [1.165, 1.54) is 11.3 Å². The molecule has 0 fully saturated rings. The molecule has 1 aromatic carbocycles. The Bertz CT molecular complexity index is 1000. The molecule has 8 heteroatoms. The zero-order chi connectivity index (χ0) is 21.3. The van der Waals surface area contributed by atoms with Crippen LogP contribution in [0, 0.1) is 5.92 Å². The van der Waals surface area contributed by atoms with Gasteiger partial charge in [0.15, 0.2) is 0 Å². The van der Waals surface area contributed by atoms with Crippen LogP contribution in [0.5, 0.6) is 0 Å². The maximum absolute atomic E-state index is 12.8. The van der Waals surface area contributed by atoms with Crippen molar-refractivity contribution in [3.8, 4) is 0 Å². The lowest BCUT2D eigenvalue weighted by Crippen LogP contribution is -2.41. The topological polar surface area (TPSA) is 96.5 Å². The average Bonchev–Trinajstić information content (AvgIpc) is 3.05. The fourth-order valence-electron chi connectivity index (χ4n) is 3.96. The predicted molar refractivity (Wildman–Crippen MR) is 117 cm³/mol. The highest BCUT2D eigenvalue weighted by Crippen LogP contribution is 2.40. The molecule has 0 saturated carbocycles. The fraction of sp³-hybridized carbons (Fsp3) is 0.409. The van der Waals surface area contributed by atoms with Crippen molar-refractivity contribution in [1.82, 2.24) is 0 Å². The lowest BCUT2D eigenvalue weighted by molar-refractivity contribution is -0.122. The average molecular weight is 428 g/mol. The van der Waals surface area contributed by atoms with Crippen LogP contribution >= 0.6 is 11.3 Å². The molecule has 1 aliphatic heterocycles. The van der Waals surface area contributed by atoms with Crippen LogP contribution in [0.3, 0.4) is 0 Å². The highest BCUT2D eigenvalue weighted by molar-refractivity contribution is 7.17. The molecule has 4 rings (SSSR count). The van der Waals surface area contributed by atoms with E-state index < -0.39 is 12.0 Å². The van der Waals surface area contributed by atoms with Crippen molar-refractivity contribution in [1.29, 1.82) is 0 Å². The van der Waals surface area contributed by atoms with Crippen molar-refractivity contribution in [3.05, 3.63) is 40.3 Å². The minimum Gasteiger partial charge on any atom is -0.462 e. The normalized spacial score (nSPS) is 19.7. The maximum atomic E-state index is 12.8. The summed E-state index contributed by atoms with van der Waals surface area (Å²) in [6, 6.07) is 6.68. The Labute approximate surface area is 179 Å². The van der Waals surface area contributed by atoms with Gasteiger partial charge >= 0.3 is 5.97 Å². The Kier molecular flexibility index (Phi) is 5.76. The van der Waals surface area contributed by atoms with Gasteiger partial charge in [-0.2, -0.15) is 0 Å². The summed E-state index contributed by atoms with van der Waals surface area (Å²) in [6.45, 7) is 4.23. The van der Waals surface area contributed by atoms with Crippen molar-refractivity contribution in [2.75, 3.05) is 22.6 Å². The van der Waals surface area contributed by atoms with E-state index in [4.69, 9.17) is 4.74 Å². The van der Waals surface area contributed by atoms with Gasteiger partial charge in [0.1, 0.15) is 11.0 Å². The SMILES string of the molecule is CCOC(=O)c1c(NC(=O)C[C@H]2Nc3ccccc3NC2=O)sc2c1CC[C@@H](C)C2. The number of nitrogens with one attached hydrogen (secondary N) is 3. The van der Waals surface area contributed by atoms with E-state index in [1.54, 1.807) is 13.0 Å². The molecule has 2 atom stereocenters. The number of ether oxygens (including phenoxy) is 1. The molecule has 0 spiro atoms. The summed E-state index contributed by atoms with van der Waals surface area (Å²) in [5.74, 6) is -0.430. The number of esters is 1. The lowest BCUT2D eigenvalue weighted by atomic mass is 9.88. The second-order valence-corrected chi connectivity index (χ2v) is 8.87. The van der Waals surface area contributed by atoms with Gasteiger partial charge in [-0.3, -0.25) is 9.59 Å². The Morgan fingerprint density at radius 2 is 2.03 bits per heavy atom. The Hall–Kier alpha value is -2.87. The van der Waals surface area contributed by atoms with Crippen molar-refractivity contribution >= 4 is 45.5 Å². The first-order chi connectivity index (χ1) is 14.5. The highest BCUT2D eigenvalue weighted by atomic mass is 32.1. The zero-order valence-corrected chi connectivity index (χ0v) is 17.9. The van der Waals surface area contributed by atoms with E-state index in [1.807, 2.05) is 18.2 Å². The molecule has 1 aliphatic carbocycles. The van der Waals surface area contributed by atoms with Crippen molar-refractivity contribution in [2.45, 2.75) is 45.6 Å². The number of carbonyl (C=O) groups is 3. The molecular formula is C22H25N3O4S. The van der Waals surface area contributed by atoms with Crippen LogP contribution in [0.25, 0.3) is 0 Å². The summed E-state index contributed by atoms with van der Waals surface area (Å²) in [5.41, 5.74) is 2.95. The number of amides is 2. The summed E-state index contributed by atoms with van der Waals surface area (Å²) in [4.78, 5) is 38.9. The number of anilines is 3. The Morgan fingerprint density at radius 3 is 2.80 bits per heavy atom. The molecule has 0 saturated heterocycles. The molecule has 2 heterocycles. The van der Waals surface area contributed by atoms with Gasteiger partial charge in [-0.05, 0) is 49.8 Å². The number of hydrogen-bond acceptors (Lipinski definition) is 6. The maximum Gasteiger partial charge on any atom is 0.341 e. The van der Waals surface area contributed by atoms with Gasteiger partial charge < -0.3 is 20.7 Å². The van der Waals surface area contributed by atoms with Crippen molar-refractivity contribution in [3.63, 3.8) is 0 Å². The van der Waals surface area contributed by atoms with E-state index in [9.17, 15) is 14.4 Å². The number of fused-ring (bicyclic) bond motifs is 2. The Morgan fingerprint density at radius 1 is 1.27 bits per heavy atom. The molecule has 30 heavy (non-hydrogen) atoms. The van der Waals surface area contributed by atoms with Gasteiger partial charge in [0.2, 0.25) is 11.8 Å². The van der Waals surface area contributed by atoms with Gasteiger partial charge in [0.25, 0.3) is 0 Å². The van der Waals surface area contributed by atoms with Crippen LogP contribution in [-0.2, 0) is 27.2 Å². The minimum atomic E-state index is -0.680. The third-order valence-corrected chi connectivity index (χ3v) is 6.63. The van der Waals surface area contributed by atoms with Gasteiger partial charge in [-0.15, -0.1) is 11.3 Å². The van der Waals surface area contributed by atoms with Gasteiger partial charge in [0.05, 0.1) is 30.0 Å².